The molecule has 6 nitrogen and oxygen atoms in total. The Balaban J connectivity index is 1.88. The van der Waals surface area contributed by atoms with Crippen LogP contribution in [-0.4, -0.2) is 43.9 Å². The average Bonchev–Trinajstić information content (AvgIpc) is 2.82. The summed E-state index contributed by atoms with van der Waals surface area (Å²) in [4.78, 5) is 16.2. The van der Waals surface area contributed by atoms with E-state index >= 15 is 0 Å². The molecule has 0 spiro atoms. The molecule has 1 aliphatic heterocycles. The summed E-state index contributed by atoms with van der Waals surface area (Å²) in [6.07, 6.45) is 3.20. The number of carbonyl (C=O) groups excluding carboxylic acids is 1. The summed E-state index contributed by atoms with van der Waals surface area (Å²) < 4.78 is 22.7. The van der Waals surface area contributed by atoms with Crippen molar-refractivity contribution in [2.75, 3.05) is 29.9 Å². The lowest BCUT2D eigenvalue weighted by molar-refractivity contribution is 0.0948. The maximum atomic E-state index is 12.1. The van der Waals surface area contributed by atoms with E-state index in [0.29, 0.717) is 24.3 Å². The van der Waals surface area contributed by atoms with Gasteiger partial charge >= 0.3 is 0 Å². The highest BCUT2D eigenvalue weighted by Crippen LogP contribution is 2.17. The molecule has 21 heavy (non-hydrogen) atoms. The van der Waals surface area contributed by atoms with Crippen molar-refractivity contribution in [1.82, 2.24) is 10.3 Å². The molecule has 0 aromatic carbocycles. The highest BCUT2D eigenvalue weighted by molar-refractivity contribution is 7.91. The number of aromatic nitrogens is 1. The molecule has 0 radical (unpaired) electrons. The van der Waals surface area contributed by atoms with Crippen LogP contribution < -0.4 is 10.6 Å². The quantitative estimate of drug-likeness (QED) is 0.820. The first-order valence-corrected chi connectivity index (χ1v) is 9.01. The van der Waals surface area contributed by atoms with Gasteiger partial charge in [0.1, 0.15) is 5.82 Å². The highest BCUT2D eigenvalue weighted by Gasteiger charge is 2.27. The largest absolute Gasteiger partial charge is 0.370 e. The molecular weight excluding hydrogens is 290 g/mol. The summed E-state index contributed by atoms with van der Waals surface area (Å²) in [6, 6.07) is 3.36. The summed E-state index contributed by atoms with van der Waals surface area (Å²) in [6.45, 7) is 3.26. The van der Waals surface area contributed by atoms with Crippen LogP contribution >= 0.6 is 0 Å². The van der Waals surface area contributed by atoms with Crippen molar-refractivity contribution >= 4 is 21.6 Å². The standard InChI is InChI=1S/C14H21N3O3S/c1-2-5-15-13-8-12(3-6-16-13)14(18)17-9-11-4-7-21(19,20)10-11/h3,6,8,11H,2,4-5,7,9-10H2,1H3,(H,15,16)(H,17,18). The third-order valence-corrected chi connectivity index (χ3v) is 5.29. The zero-order valence-electron chi connectivity index (χ0n) is 12.1. The summed E-state index contributed by atoms with van der Waals surface area (Å²) >= 11 is 0. The molecule has 1 aromatic rings. The van der Waals surface area contributed by atoms with Gasteiger partial charge in [0.05, 0.1) is 11.5 Å². The minimum Gasteiger partial charge on any atom is -0.370 e. The van der Waals surface area contributed by atoms with E-state index in [0.717, 1.165) is 13.0 Å². The van der Waals surface area contributed by atoms with Crippen molar-refractivity contribution in [3.63, 3.8) is 0 Å². The SMILES string of the molecule is CCCNc1cc(C(=O)NCC2CCS(=O)(=O)C2)ccn1. The summed E-state index contributed by atoms with van der Waals surface area (Å²) in [5, 5.41) is 5.93. The van der Waals surface area contributed by atoms with Crippen molar-refractivity contribution in [2.24, 2.45) is 5.92 Å². The second-order valence-corrected chi connectivity index (χ2v) is 7.56. The number of amides is 1. The Morgan fingerprint density at radius 3 is 2.95 bits per heavy atom. The first kappa shape index (κ1) is 15.8. The first-order chi connectivity index (χ1) is 10.00. The van der Waals surface area contributed by atoms with Crippen molar-refractivity contribution < 1.29 is 13.2 Å². The predicted molar refractivity (Wildman–Crippen MR) is 82.1 cm³/mol. The van der Waals surface area contributed by atoms with Gasteiger partial charge in [-0.05, 0) is 30.9 Å². The second-order valence-electron chi connectivity index (χ2n) is 5.34. The minimum absolute atomic E-state index is 0.0264. The molecule has 7 heteroatoms. The van der Waals surface area contributed by atoms with Gasteiger partial charge in [0.25, 0.3) is 5.91 Å². The van der Waals surface area contributed by atoms with Crippen LogP contribution in [0.4, 0.5) is 5.82 Å². The normalized spacial score (nSPS) is 20.1. The molecule has 1 aliphatic rings. The molecule has 0 aliphatic carbocycles. The van der Waals surface area contributed by atoms with Crippen LogP contribution in [0.25, 0.3) is 0 Å². The lowest BCUT2D eigenvalue weighted by Gasteiger charge is -2.10. The molecule has 1 amide bonds. The van der Waals surface area contributed by atoms with Crippen LogP contribution in [0.15, 0.2) is 18.3 Å². The third-order valence-electron chi connectivity index (χ3n) is 3.46. The van der Waals surface area contributed by atoms with Gasteiger partial charge in [-0.2, -0.15) is 0 Å². The van der Waals surface area contributed by atoms with Gasteiger partial charge in [-0.25, -0.2) is 13.4 Å². The zero-order chi connectivity index (χ0) is 15.3. The van der Waals surface area contributed by atoms with E-state index in [4.69, 9.17) is 0 Å². The van der Waals surface area contributed by atoms with E-state index in [9.17, 15) is 13.2 Å². The van der Waals surface area contributed by atoms with Crippen LogP contribution in [-0.2, 0) is 9.84 Å². The van der Waals surface area contributed by atoms with Gasteiger partial charge in [0.2, 0.25) is 0 Å². The number of nitrogens with zero attached hydrogens (tertiary/aromatic N) is 1. The Morgan fingerprint density at radius 2 is 2.29 bits per heavy atom. The van der Waals surface area contributed by atoms with Gasteiger partial charge in [0.15, 0.2) is 9.84 Å². The number of nitrogens with one attached hydrogen (secondary N) is 2. The van der Waals surface area contributed by atoms with Gasteiger partial charge in [0, 0.05) is 24.8 Å². The second kappa shape index (κ2) is 6.89. The Hall–Kier alpha value is -1.63. The summed E-state index contributed by atoms with van der Waals surface area (Å²) in [5.41, 5.74) is 0.532. The molecule has 116 valence electrons. The zero-order valence-corrected chi connectivity index (χ0v) is 12.9. The number of rotatable bonds is 6. The van der Waals surface area contributed by atoms with Gasteiger partial charge in [-0.15, -0.1) is 0 Å². The topological polar surface area (TPSA) is 88.2 Å². The van der Waals surface area contributed by atoms with E-state index in [1.54, 1.807) is 18.3 Å². The Morgan fingerprint density at radius 1 is 1.48 bits per heavy atom. The average molecular weight is 311 g/mol. The lowest BCUT2D eigenvalue weighted by Crippen LogP contribution is -2.29. The smallest absolute Gasteiger partial charge is 0.251 e. The van der Waals surface area contributed by atoms with Crippen molar-refractivity contribution in [1.29, 1.82) is 0 Å². The Kier molecular flexibility index (Phi) is 5.17. The van der Waals surface area contributed by atoms with E-state index in [1.165, 1.54) is 0 Å². The van der Waals surface area contributed by atoms with Crippen molar-refractivity contribution in [2.45, 2.75) is 19.8 Å². The molecule has 0 saturated carbocycles. The van der Waals surface area contributed by atoms with E-state index in [2.05, 4.69) is 22.5 Å². The Labute approximate surface area is 125 Å². The molecule has 1 unspecified atom stereocenters. The van der Waals surface area contributed by atoms with E-state index in [1.807, 2.05) is 0 Å². The fourth-order valence-electron chi connectivity index (χ4n) is 2.29. The molecule has 1 fully saturated rings. The minimum atomic E-state index is -2.90. The fraction of sp³-hybridized carbons (Fsp3) is 0.571. The summed E-state index contributed by atoms with van der Waals surface area (Å²) in [7, 11) is -2.90. The highest BCUT2D eigenvalue weighted by atomic mass is 32.2. The number of sulfone groups is 1. The van der Waals surface area contributed by atoms with Crippen LogP contribution in [0.1, 0.15) is 30.1 Å². The Bertz CT molecular complexity index is 601. The molecule has 2 N–H and O–H groups in total. The van der Waals surface area contributed by atoms with Crippen LogP contribution in [0.5, 0.6) is 0 Å². The number of carbonyl (C=O) groups is 1. The molecular formula is C14H21N3O3S. The number of pyridine rings is 1. The summed E-state index contributed by atoms with van der Waals surface area (Å²) in [5.74, 6) is 0.911. The molecule has 0 bridgehead atoms. The monoisotopic (exact) mass is 311 g/mol. The number of anilines is 1. The van der Waals surface area contributed by atoms with Crippen molar-refractivity contribution in [3.05, 3.63) is 23.9 Å². The van der Waals surface area contributed by atoms with Crippen LogP contribution in [0.2, 0.25) is 0 Å². The molecule has 2 heterocycles. The molecule has 1 atom stereocenters. The lowest BCUT2D eigenvalue weighted by atomic mass is 10.1. The van der Waals surface area contributed by atoms with E-state index in [-0.39, 0.29) is 23.3 Å². The van der Waals surface area contributed by atoms with Gasteiger partial charge in [-0.1, -0.05) is 6.92 Å². The molecule has 1 aromatic heterocycles. The first-order valence-electron chi connectivity index (χ1n) is 7.18. The van der Waals surface area contributed by atoms with Crippen LogP contribution in [0, 0.1) is 5.92 Å². The van der Waals surface area contributed by atoms with Crippen molar-refractivity contribution in [3.8, 4) is 0 Å². The predicted octanol–water partition coefficient (Wildman–Crippen LogP) is 1.07. The fourth-order valence-corrected chi connectivity index (χ4v) is 4.16. The van der Waals surface area contributed by atoms with Gasteiger partial charge in [-0.3, -0.25) is 4.79 Å². The number of hydrogen-bond acceptors (Lipinski definition) is 5. The maximum absolute atomic E-state index is 12.1. The number of hydrogen-bond donors (Lipinski definition) is 2. The van der Waals surface area contributed by atoms with Gasteiger partial charge < -0.3 is 10.6 Å². The maximum Gasteiger partial charge on any atom is 0.251 e. The molecule has 1 saturated heterocycles. The van der Waals surface area contributed by atoms with E-state index < -0.39 is 9.84 Å². The van der Waals surface area contributed by atoms with Crippen LogP contribution in [0.3, 0.4) is 0 Å². The molecule has 2 rings (SSSR count). The third kappa shape index (κ3) is 4.70.